The quantitative estimate of drug-likeness (QED) is 0.102. The molecular formula is C26H27N6NaO5S. The van der Waals surface area contributed by atoms with Crippen LogP contribution in [0.3, 0.4) is 0 Å². The molecule has 3 aromatic carbocycles. The van der Waals surface area contributed by atoms with Gasteiger partial charge in [-0.15, -0.1) is 0 Å². The van der Waals surface area contributed by atoms with Crippen LogP contribution in [0.2, 0.25) is 0 Å². The second-order valence-electron chi connectivity index (χ2n) is 7.95. The Bertz CT molecular complexity index is 1410. The largest absolute Gasteiger partial charge is 1.00 e. The normalized spacial score (nSPS) is 11.3. The maximum atomic E-state index is 10.4. The summed E-state index contributed by atoms with van der Waals surface area (Å²) in [6.07, 6.45) is 0.476. The predicted molar refractivity (Wildman–Crippen MR) is 142 cm³/mol. The number of hydrogen-bond donors (Lipinski definition) is 0. The Morgan fingerprint density at radius 1 is 0.897 bits per heavy atom. The van der Waals surface area contributed by atoms with Crippen LogP contribution in [0.1, 0.15) is 18.9 Å². The Morgan fingerprint density at radius 3 is 2.08 bits per heavy atom. The topological polar surface area (TPSA) is 152 Å². The Kier molecular flexibility index (Phi) is 13.2. The van der Waals surface area contributed by atoms with Crippen LogP contribution >= 0.6 is 0 Å². The molecule has 0 saturated carbocycles. The van der Waals surface area contributed by atoms with Crippen molar-refractivity contribution in [2.75, 3.05) is 31.2 Å². The van der Waals surface area contributed by atoms with Gasteiger partial charge in [0.1, 0.15) is 12.4 Å². The van der Waals surface area contributed by atoms with Crippen molar-refractivity contribution >= 4 is 38.8 Å². The molecule has 0 unspecified atom stereocenters. The Labute approximate surface area is 250 Å². The zero-order valence-electron chi connectivity index (χ0n) is 22.0. The number of nitrogens with zero attached hydrogens (tertiary/aromatic N) is 6. The molecule has 0 aliphatic heterocycles. The maximum Gasteiger partial charge on any atom is 1.00 e. The van der Waals surface area contributed by atoms with Gasteiger partial charge in [0.2, 0.25) is 10.4 Å². The third-order valence-electron chi connectivity index (χ3n) is 5.24. The Morgan fingerprint density at radius 2 is 1.49 bits per heavy atom. The van der Waals surface area contributed by atoms with Crippen LogP contribution in [0.5, 0.6) is 5.75 Å². The van der Waals surface area contributed by atoms with E-state index in [0.29, 0.717) is 35.8 Å². The molecule has 0 amide bonds. The van der Waals surface area contributed by atoms with Crippen LogP contribution in [0.15, 0.2) is 87.2 Å². The summed E-state index contributed by atoms with van der Waals surface area (Å²) < 4.78 is 40.6. The van der Waals surface area contributed by atoms with Crippen molar-refractivity contribution in [1.82, 2.24) is 0 Å². The second-order valence-corrected chi connectivity index (χ2v) is 9.00. The number of aryl methyl sites for hydroxylation is 1. The van der Waals surface area contributed by atoms with Crippen LogP contribution in [0.4, 0.5) is 28.4 Å². The molecule has 0 aliphatic carbocycles. The number of nitriles is 1. The minimum atomic E-state index is -4.73. The molecule has 39 heavy (non-hydrogen) atoms. The van der Waals surface area contributed by atoms with Crippen LogP contribution < -0.4 is 39.2 Å². The molecule has 0 atom stereocenters. The summed E-state index contributed by atoms with van der Waals surface area (Å²) in [6, 6.07) is 22.1. The molecule has 0 bridgehead atoms. The van der Waals surface area contributed by atoms with E-state index in [-0.39, 0.29) is 42.8 Å². The Balaban J connectivity index is 0.00000533. The molecule has 3 rings (SSSR count). The van der Waals surface area contributed by atoms with Gasteiger partial charge >= 0.3 is 29.6 Å². The van der Waals surface area contributed by atoms with Gasteiger partial charge in [-0.25, -0.2) is 8.42 Å². The fraction of sp³-hybridized carbons (Fsp3) is 0.269. The molecule has 3 aromatic rings. The van der Waals surface area contributed by atoms with Crippen molar-refractivity contribution in [3.05, 3.63) is 72.3 Å². The van der Waals surface area contributed by atoms with Crippen molar-refractivity contribution in [2.24, 2.45) is 20.5 Å². The first-order valence-corrected chi connectivity index (χ1v) is 13.1. The molecule has 0 N–H and O–H groups in total. The fourth-order valence-electron chi connectivity index (χ4n) is 3.33. The summed E-state index contributed by atoms with van der Waals surface area (Å²) >= 11 is 0. The SMILES string of the molecule is CCN(CCC#N)c1ccc(N=Nc2ccc(N=Nc3ccc(OCCOS(=O)(=O)[O-])cc3)c(C)c2)cc1.[Na+]. The Hall–Kier alpha value is -3.18. The molecular weight excluding hydrogens is 531 g/mol. The molecule has 0 aromatic heterocycles. The average molecular weight is 559 g/mol. The number of benzene rings is 3. The molecule has 0 radical (unpaired) electrons. The second kappa shape index (κ2) is 16.0. The molecule has 198 valence electrons. The minimum Gasteiger partial charge on any atom is -0.726 e. The van der Waals surface area contributed by atoms with E-state index < -0.39 is 10.4 Å². The first-order valence-electron chi connectivity index (χ1n) is 11.8. The fourth-order valence-corrected chi connectivity index (χ4v) is 3.60. The minimum absolute atomic E-state index is 0. The van der Waals surface area contributed by atoms with E-state index in [2.05, 4.69) is 42.5 Å². The molecule has 0 fully saturated rings. The van der Waals surface area contributed by atoms with Gasteiger partial charge in [0.15, 0.2) is 0 Å². The van der Waals surface area contributed by atoms with Crippen LogP contribution in [0, 0.1) is 18.3 Å². The third-order valence-corrected chi connectivity index (χ3v) is 5.70. The van der Waals surface area contributed by atoms with E-state index in [1.807, 2.05) is 43.3 Å². The third kappa shape index (κ3) is 11.2. The van der Waals surface area contributed by atoms with Crippen molar-refractivity contribution in [3.8, 4) is 11.8 Å². The van der Waals surface area contributed by atoms with E-state index in [9.17, 15) is 13.0 Å². The van der Waals surface area contributed by atoms with Crippen molar-refractivity contribution in [2.45, 2.75) is 20.3 Å². The summed E-state index contributed by atoms with van der Waals surface area (Å²) in [6.45, 7) is 5.02. The average Bonchev–Trinajstić information content (AvgIpc) is 2.90. The zero-order chi connectivity index (χ0) is 27.4. The smallest absolute Gasteiger partial charge is 0.726 e. The predicted octanol–water partition coefficient (Wildman–Crippen LogP) is 3.43. The molecule has 13 heteroatoms. The van der Waals surface area contributed by atoms with Gasteiger partial charge in [0, 0.05) is 18.8 Å². The van der Waals surface area contributed by atoms with Crippen molar-refractivity contribution in [3.63, 3.8) is 0 Å². The van der Waals surface area contributed by atoms with Crippen LogP contribution in [0.25, 0.3) is 0 Å². The van der Waals surface area contributed by atoms with Crippen LogP contribution in [-0.4, -0.2) is 39.3 Å². The molecule has 0 saturated heterocycles. The number of hydrogen-bond acceptors (Lipinski definition) is 11. The maximum absolute atomic E-state index is 10.4. The summed E-state index contributed by atoms with van der Waals surface area (Å²) in [5.74, 6) is 0.470. The van der Waals surface area contributed by atoms with Gasteiger partial charge in [-0.05, 0) is 86.1 Å². The van der Waals surface area contributed by atoms with Crippen LogP contribution in [-0.2, 0) is 14.6 Å². The van der Waals surface area contributed by atoms with Gasteiger partial charge in [-0.1, -0.05) is 0 Å². The first kappa shape index (κ1) is 32.0. The first-order chi connectivity index (χ1) is 18.3. The zero-order valence-corrected chi connectivity index (χ0v) is 24.8. The van der Waals surface area contributed by atoms with Gasteiger partial charge in [-0.3, -0.25) is 4.18 Å². The number of ether oxygens (including phenoxy) is 1. The van der Waals surface area contributed by atoms with Gasteiger partial charge in [0.25, 0.3) is 0 Å². The van der Waals surface area contributed by atoms with Crippen molar-refractivity contribution < 1.29 is 51.4 Å². The summed E-state index contributed by atoms with van der Waals surface area (Å²) in [4.78, 5) is 2.13. The number of anilines is 1. The van der Waals surface area contributed by atoms with E-state index in [0.717, 1.165) is 23.5 Å². The summed E-state index contributed by atoms with van der Waals surface area (Å²) in [5, 5.41) is 26.0. The monoisotopic (exact) mass is 558 g/mol. The molecule has 11 nitrogen and oxygen atoms in total. The number of rotatable bonds is 13. The van der Waals surface area contributed by atoms with Gasteiger partial charge in [-0.2, -0.15) is 25.7 Å². The van der Waals surface area contributed by atoms with E-state index in [1.54, 1.807) is 30.3 Å². The van der Waals surface area contributed by atoms with E-state index >= 15 is 0 Å². The molecule has 0 aliphatic rings. The van der Waals surface area contributed by atoms with Crippen molar-refractivity contribution in [1.29, 1.82) is 5.26 Å². The van der Waals surface area contributed by atoms with Gasteiger partial charge < -0.3 is 14.2 Å². The van der Waals surface area contributed by atoms with Gasteiger partial charge in [0.05, 0.1) is 41.8 Å². The standard InChI is InChI=1S/C26H28N6O5S.Na/c1-3-32(16-4-15-27)24-10-5-21(6-11-24)28-30-23-9-14-26(20(2)19-23)31-29-22-7-12-25(13-8-22)36-17-18-37-38(33,34)35;/h5-14,19H,3-4,16-18H2,1-2H3,(H,33,34,35);/q;+1/p-1. The van der Waals surface area contributed by atoms with E-state index in [1.165, 1.54) is 0 Å². The summed E-state index contributed by atoms with van der Waals surface area (Å²) in [7, 11) is -4.73. The summed E-state index contributed by atoms with van der Waals surface area (Å²) in [5.41, 5.74) is 4.60. The van der Waals surface area contributed by atoms with E-state index in [4.69, 9.17) is 10.00 Å². The molecule has 0 spiro atoms. The number of azo groups is 2. The molecule has 0 heterocycles.